The van der Waals surface area contributed by atoms with Crippen LogP contribution in [0.1, 0.15) is 28.4 Å². The zero-order chi connectivity index (χ0) is 27.1. The molecule has 2 unspecified atom stereocenters. The smallest absolute Gasteiger partial charge is 0.411 e. The number of aryl methyl sites for hydroxylation is 1. The summed E-state index contributed by atoms with van der Waals surface area (Å²) in [6.45, 7) is 3.35. The van der Waals surface area contributed by atoms with Crippen LogP contribution in [-0.4, -0.2) is 60.9 Å². The van der Waals surface area contributed by atoms with Crippen LogP contribution < -0.4 is 10.6 Å². The fraction of sp³-hybridized carbons (Fsp3) is 0.300. The Labute approximate surface area is 223 Å². The molecule has 2 N–H and O–H groups in total. The number of cyclic esters (lactones) is 1. The van der Waals surface area contributed by atoms with Crippen LogP contribution in [0.2, 0.25) is 0 Å². The zero-order valence-corrected chi connectivity index (χ0v) is 22.0. The van der Waals surface area contributed by atoms with Crippen molar-refractivity contribution < 1.29 is 19.1 Å². The number of nitrogens with one attached hydrogen (secondary N) is 2. The minimum absolute atomic E-state index is 0.157. The number of carbonyl (C=O) groups excluding carboxylic acids is 3. The maximum atomic E-state index is 13.4. The molecule has 8 nitrogen and oxygen atoms in total. The van der Waals surface area contributed by atoms with Crippen LogP contribution in [0, 0.1) is 6.92 Å². The Morgan fingerprint density at radius 3 is 2.39 bits per heavy atom. The van der Waals surface area contributed by atoms with E-state index in [0.717, 1.165) is 16.7 Å². The molecule has 198 valence electrons. The molecule has 1 aliphatic heterocycles. The van der Waals surface area contributed by atoms with Crippen molar-refractivity contribution in [2.45, 2.75) is 32.0 Å². The van der Waals surface area contributed by atoms with E-state index in [0.29, 0.717) is 24.3 Å². The van der Waals surface area contributed by atoms with Crippen LogP contribution in [0.25, 0.3) is 0 Å². The molecule has 3 amide bonds. The molecule has 0 saturated carbocycles. The SMILES string of the molecule is Cc1ccc(CN2C(=O)OC(c3cccc(NC(=O)Cc4ccccc4)c3)C2C(=O)NCCN(C)C)cc1. The summed E-state index contributed by atoms with van der Waals surface area (Å²) in [7, 11) is 3.86. The minimum atomic E-state index is -0.860. The number of carbonyl (C=O) groups is 3. The van der Waals surface area contributed by atoms with Crippen molar-refractivity contribution in [1.82, 2.24) is 15.1 Å². The summed E-state index contributed by atoms with van der Waals surface area (Å²) in [6.07, 6.45) is -1.13. The molecule has 1 heterocycles. The van der Waals surface area contributed by atoms with Crippen LogP contribution in [-0.2, 0) is 27.3 Å². The molecule has 0 aromatic heterocycles. The number of rotatable bonds is 10. The predicted octanol–water partition coefficient (Wildman–Crippen LogP) is 3.92. The van der Waals surface area contributed by atoms with Crippen molar-refractivity contribution in [2.75, 3.05) is 32.5 Å². The Balaban J connectivity index is 1.55. The largest absolute Gasteiger partial charge is 0.438 e. The summed E-state index contributed by atoms with van der Waals surface area (Å²) in [5.41, 5.74) is 4.13. The molecule has 1 aliphatic rings. The maximum Gasteiger partial charge on any atom is 0.411 e. The molecule has 4 rings (SSSR count). The van der Waals surface area contributed by atoms with Gasteiger partial charge in [-0.05, 0) is 49.8 Å². The number of hydrogen-bond acceptors (Lipinski definition) is 5. The van der Waals surface area contributed by atoms with Crippen molar-refractivity contribution in [1.29, 1.82) is 0 Å². The van der Waals surface area contributed by atoms with Gasteiger partial charge in [0, 0.05) is 18.8 Å². The van der Waals surface area contributed by atoms with E-state index in [2.05, 4.69) is 10.6 Å². The second-order valence-electron chi connectivity index (χ2n) is 9.79. The topological polar surface area (TPSA) is 91.0 Å². The Morgan fingerprint density at radius 1 is 0.947 bits per heavy atom. The minimum Gasteiger partial charge on any atom is -0.438 e. The molecular formula is C30H34N4O4. The lowest BCUT2D eigenvalue weighted by molar-refractivity contribution is -0.126. The van der Waals surface area contributed by atoms with E-state index < -0.39 is 18.2 Å². The van der Waals surface area contributed by atoms with Gasteiger partial charge in [0.25, 0.3) is 0 Å². The number of ether oxygens (including phenoxy) is 1. The van der Waals surface area contributed by atoms with Gasteiger partial charge in [0.2, 0.25) is 11.8 Å². The highest BCUT2D eigenvalue weighted by Crippen LogP contribution is 2.35. The first-order chi connectivity index (χ1) is 18.3. The summed E-state index contributed by atoms with van der Waals surface area (Å²) < 4.78 is 5.78. The number of nitrogens with zero attached hydrogens (tertiary/aromatic N) is 2. The molecule has 3 aromatic carbocycles. The Morgan fingerprint density at radius 2 is 1.68 bits per heavy atom. The lowest BCUT2D eigenvalue weighted by Gasteiger charge is -2.25. The van der Waals surface area contributed by atoms with Crippen molar-refractivity contribution in [3.8, 4) is 0 Å². The molecule has 0 radical (unpaired) electrons. The van der Waals surface area contributed by atoms with Gasteiger partial charge in [0.15, 0.2) is 12.1 Å². The molecule has 1 fully saturated rings. The van der Waals surface area contributed by atoms with Crippen LogP contribution in [0.3, 0.4) is 0 Å². The Hall–Kier alpha value is -4.17. The van der Waals surface area contributed by atoms with E-state index in [1.165, 1.54) is 4.90 Å². The van der Waals surface area contributed by atoms with E-state index >= 15 is 0 Å². The van der Waals surface area contributed by atoms with Crippen molar-refractivity contribution in [3.05, 3.63) is 101 Å². The molecule has 0 aliphatic carbocycles. The second kappa shape index (κ2) is 12.4. The van der Waals surface area contributed by atoms with Gasteiger partial charge >= 0.3 is 6.09 Å². The fourth-order valence-corrected chi connectivity index (χ4v) is 4.39. The molecule has 38 heavy (non-hydrogen) atoms. The number of anilines is 1. The Kier molecular flexibility index (Phi) is 8.76. The van der Waals surface area contributed by atoms with Gasteiger partial charge in [-0.1, -0.05) is 72.3 Å². The average Bonchev–Trinajstić information content (AvgIpc) is 3.21. The van der Waals surface area contributed by atoms with Gasteiger partial charge in [0.05, 0.1) is 13.0 Å². The third kappa shape index (κ3) is 6.98. The van der Waals surface area contributed by atoms with E-state index in [4.69, 9.17) is 4.74 Å². The quantitative estimate of drug-likeness (QED) is 0.428. The first kappa shape index (κ1) is 26.9. The molecular weight excluding hydrogens is 480 g/mol. The highest BCUT2D eigenvalue weighted by Gasteiger charge is 2.47. The average molecular weight is 515 g/mol. The molecule has 0 spiro atoms. The lowest BCUT2D eigenvalue weighted by atomic mass is 10.00. The number of hydrogen-bond donors (Lipinski definition) is 2. The van der Waals surface area contributed by atoms with E-state index in [1.54, 1.807) is 24.3 Å². The number of amides is 3. The van der Waals surface area contributed by atoms with Crippen LogP contribution in [0.4, 0.5) is 10.5 Å². The summed E-state index contributed by atoms with van der Waals surface area (Å²) in [5.74, 6) is -0.441. The molecule has 2 atom stereocenters. The normalized spacial score (nSPS) is 16.8. The number of likely N-dealkylation sites (N-methyl/N-ethyl adjacent to an activating group) is 1. The third-order valence-corrected chi connectivity index (χ3v) is 6.39. The van der Waals surface area contributed by atoms with Crippen molar-refractivity contribution >= 4 is 23.6 Å². The third-order valence-electron chi connectivity index (χ3n) is 6.39. The van der Waals surface area contributed by atoms with E-state index in [9.17, 15) is 14.4 Å². The second-order valence-corrected chi connectivity index (χ2v) is 9.79. The van der Waals surface area contributed by atoms with Crippen molar-refractivity contribution in [3.63, 3.8) is 0 Å². The summed E-state index contributed by atoms with van der Waals surface area (Å²) in [5, 5.41) is 5.86. The van der Waals surface area contributed by atoms with Crippen LogP contribution >= 0.6 is 0 Å². The van der Waals surface area contributed by atoms with Gasteiger partial charge < -0.3 is 20.3 Å². The number of benzene rings is 3. The van der Waals surface area contributed by atoms with Crippen LogP contribution in [0.5, 0.6) is 0 Å². The van der Waals surface area contributed by atoms with Crippen molar-refractivity contribution in [2.24, 2.45) is 0 Å². The maximum absolute atomic E-state index is 13.4. The molecule has 1 saturated heterocycles. The van der Waals surface area contributed by atoms with Gasteiger partial charge in [-0.2, -0.15) is 0 Å². The summed E-state index contributed by atoms with van der Waals surface area (Å²) in [6, 6.07) is 23.6. The van der Waals surface area contributed by atoms with Gasteiger partial charge in [0.1, 0.15) is 0 Å². The van der Waals surface area contributed by atoms with Gasteiger partial charge in [-0.15, -0.1) is 0 Å². The first-order valence-corrected chi connectivity index (χ1v) is 12.7. The highest BCUT2D eigenvalue weighted by atomic mass is 16.6. The van der Waals surface area contributed by atoms with Gasteiger partial charge in [-0.3, -0.25) is 14.5 Å². The molecule has 0 bridgehead atoms. The molecule has 3 aromatic rings. The lowest BCUT2D eigenvalue weighted by Crippen LogP contribution is -2.47. The first-order valence-electron chi connectivity index (χ1n) is 12.7. The van der Waals surface area contributed by atoms with Gasteiger partial charge in [-0.25, -0.2) is 4.79 Å². The highest BCUT2D eigenvalue weighted by molar-refractivity contribution is 5.92. The summed E-state index contributed by atoms with van der Waals surface area (Å²) in [4.78, 5) is 42.5. The van der Waals surface area contributed by atoms with E-state index in [1.807, 2.05) is 80.5 Å². The standard InChI is InChI=1S/C30H34N4O4/c1-21-12-14-23(15-13-21)20-34-27(29(36)31-16-17-33(2)3)28(38-30(34)37)24-10-7-11-25(19-24)32-26(35)18-22-8-5-4-6-9-22/h4-15,19,27-28H,16-18,20H2,1-3H3,(H,31,36)(H,32,35). The van der Waals surface area contributed by atoms with E-state index in [-0.39, 0.29) is 24.8 Å². The predicted molar refractivity (Wildman–Crippen MR) is 147 cm³/mol. The summed E-state index contributed by atoms with van der Waals surface area (Å²) >= 11 is 0. The monoisotopic (exact) mass is 514 g/mol. The fourth-order valence-electron chi connectivity index (χ4n) is 4.39. The van der Waals surface area contributed by atoms with Crippen LogP contribution in [0.15, 0.2) is 78.9 Å². The Bertz CT molecular complexity index is 1260. The molecule has 8 heteroatoms. The zero-order valence-electron chi connectivity index (χ0n) is 22.0.